The Bertz CT molecular complexity index is 203. The zero-order valence-electron chi connectivity index (χ0n) is 5.46. The summed E-state index contributed by atoms with van der Waals surface area (Å²) < 4.78 is 0. The Morgan fingerprint density at radius 3 is 2.64 bits per heavy atom. The molecular formula is C3H4FeN4O2Zn. The molecule has 1 aromatic rings. The van der Waals surface area contributed by atoms with E-state index in [1.807, 2.05) is 0 Å². The van der Waals surface area contributed by atoms with Crippen LogP contribution >= 0.6 is 0 Å². The molecule has 8 heteroatoms. The molecule has 0 fully saturated rings. The molecule has 1 aromatic heterocycles. The maximum absolute atomic E-state index is 9.95. The summed E-state index contributed by atoms with van der Waals surface area (Å²) in [7, 11) is 0. The topological polar surface area (TPSA) is 91.8 Å². The van der Waals surface area contributed by atoms with Crippen molar-refractivity contribution in [2.75, 3.05) is 0 Å². The Morgan fingerprint density at radius 1 is 1.64 bits per heavy atom. The molecule has 0 aliphatic carbocycles. The summed E-state index contributed by atoms with van der Waals surface area (Å²) in [6, 6.07) is 0. The molecule has 0 saturated heterocycles. The third-order valence-electron chi connectivity index (χ3n) is 0.708. The van der Waals surface area contributed by atoms with Gasteiger partial charge in [-0.1, -0.05) is 0 Å². The Kier molecular flexibility index (Phi) is 7.73. The van der Waals surface area contributed by atoms with Gasteiger partial charge in [0.15, 0.2) is 5.82 Å². The van der Waals surface area contributed by atoms with Crippen LogP contribution < -0.4 is 0 Å². The van der Waals surface area contributed by atoms with E-state index in [0.717, 1.165) is 0 Å². The molecule has 0 unspecified atom stereocenters. The van der Waals surface area contributed by atoms with Crippen molar-refractivity contribution in [3.8, 4) is 0 Å². The van der Waals surface area contributed by atoms with Gasteiger partial charge in [0.1, 0.15) is 6.42 Å². The Labute approximate surface area is 85.4 Å². The molecule has 0 spiro atoms. The molecule has 11 heavy (non-hydrogen) atoms. The van der Waals surface area contributed by atoms with Crippen LogP contribution in [0.4, 0.5) is 0 Å². The SMILES string of the molecule is O=C(O)Cc1nnn[nH]1.[Fe].[Zn]. The number of carbonyl (C=O) groups is 1. The first-order valence-electron chi connectivity index (χ1n) is 2.23. The quantitative estimate of drug-likeness (QED) is 0.644. The summed E-state index contributed by atoms with van der Waals surface area (Å²) in [6.07, 6.45) is -0.160. The molecule has 58 valence electrons. The van der Waals surface area contributed by atoms with Gasteiger partial charge in [-0.05, 0) is 10.4 Å². The number of nitrogens with zero attached hydrogens (tertiary/aromatic N) is 3. The number of rotatable bonds is 2. The van der Waals surface area contributed by atoms with Gasteiger partial charge in [0.2, 0.25) is 0 Å². The molecule has 0 radical (unpaired) electrons. The number of tetrazole rings is 1. The minimum atomic E-state index is -0.950. The van der Waals surface area contributed by atoms with Gasteiger partial charge in [-0.2, -0.15) is 0 Å². The second-order valence-corrected chi connectivity index (χ2v) is 1.42. The van der Waals surface area contributed by atoms with Crippen LogP contribution in [0.3, 0.4) is 0 Å². The van der Waals surface area contributed by atoms with Crippen molar-refractivity contribution in [3.63, 3.8) is 0 Å². The summed E-state index contributed by atoms with van der Waals surface area (Å²) in [5, 5.41) is 20.2. The molecule has 0 atom stereocenters. The smallest absolute Gasteiger partial charge is 0.311 e. The fraction of sp³-hybridized carbons (Fsp3) is 0.333. The second kappa shape index (κ2) is 6.40. The zero-order chi connectivity index (χ0) is 6.69. The molecule has 2 N–H and O–H groups in total. The van der Waals surface area contributed by atoms with E-state index >= 15 is 0 Å². The van der Waals surface area contributed by atoms with Crippen molar-refractivity contribution >= 4 is 5.97 Å². The van der Waals surface area contributed by atoms with E-state index in [-0.39, 0.29) is 48.8 Å². The normalized spacial score (nSPS) is 7.64. The van der Waals surface area contributed by atoms with Gasteiger partial charge in [-0.3, -0.25) is 4.79 Å². The molecule has 6 nitrogen and oxygen atoms in total. The molecule has 0 saturated carbocycles. The number of aromatic nitrogens is 4. The van der Waals surface area contributed by atoms with Gasteiger partial charge in [-0.15, -0.1) is 5.10 Å². The van der Waals surface area contributed by atoms with Crippen molar-refractivity contribution in [2.24, 2.45) is 0 Å². The van der Waals surface area contributed by atoms with E-state index in [4.69, 9.17) is 5.11 Å². The molecule has 0 aromatic carbocycles. The molecule has 0 bridgehead atoms. The van der Waals surface area contributed by atoms with E-state index in [2.05, 4.69) is 20.6 Å². The minimum Gasteiger partial charge on any atom is -0.481 e. The van der Waals surface area contributed by atoms with Crippen LogP contribution in [0.15, 0.2) is 0 Å². The first-order valence-corrected chi connectivity index (χ1v) is 2.23. The van der Waals surface area contributed by atoms with Gasteiger partial charge in [0.25, 0.3) is 0 Å². The van der Waals surface area contributed by atoms with Gasteiger partial charge in [-0.25, -0.2) is 5.10 Å². The van der Waals surface area contributed by atoms with Crippen LogP contribution in [0.1, 0.15) is 5.82 Å². The van der Waals surface area contributed by atoms with Crippen LogP contribution in [0.5, 0.6) is 0 Å². The molecule has 1 heterocycles. The van der Waals surface area contributed by atoms with Crippen molar-refractivity contribution in [1.29, 1.82) is 0 Å². The zero-order valence-corrected chi connectivity index (χ0v) is 9.54. The van der Waals surface area contributed by atoms with Gasteiger partial charge in [0, 0.05) is 36.5 Å². The predicted molar refractivity (Wildman–Crippen MR) is 25.5 cm³/mol. The number of H-pyrrole nitrogens is 1. The van der Waals surface area contributed by atoms with E-state index in [1.54, 1.807) is 0 Å². The van der Waals surface area contributed by atoms with E-state index in [0.29, 0.717) is 0 Å². The monoisotopic (exact) mass is 248 g/mol. The fourth-order valence-corrected chi connectivity index (χ4v) is 0.397. The van der Waals surface area contributed by atoms with Crippen molar-refractivity contribution in [3.05, 3.63) is 5.82 Å². The van der Waals surface area contributed by atoms with E-state index < -0.39 is 5.97 Å². The standard InChI is InChI=1S/C3H4N4O2.Fe.Zn/c8-3(9)1-2-4-6-7-5-2;;/h1H2,(H,8,9)(H,4,5,6,7);;. The van der Waals surface area contributed by atoms with E-state index in [1.165, 1.54) is 0 Å². The Morgan fingerprint density at radius 2 is 2.27 bits per heavy atom. The summed E-state index contributed by atoms with van der Waals surface area (Å²) >= 11 is 0. The molecular weight excluding hydrogens is 245 g/mol. The molecule has 0 amide bonds. The number of hydrogen-bond acceptors (Lipinski definition) is 4. The first kappa shape index (κ1) is 13.3. The maximum atomic E-state index is 9.95. The summed E-state index contributed by atoms with van der Waals surface area (Å²) in [5.41, 5.74) is 0. The van der Waals surface area contributed by atoms with Crippen molar-refractivity contribution < 1.29 is 46.4 Å². The van der Waals surface area contributed by atoms with E-state index in [9.17, 15) is 4.79 Å². The van der Waals surface area contributed by atoms with Crippen LogP contribution in [-0.4, -0.2) is 31.7 Å². The van der Waals surface area contributed by atoms with Gasteiger partial charge in [0.05, 0.1) is 0 Å². The third kappa shape index (κ3) is 5.01. The average Bonchev–Trinajstić information content (AvgIpc) is 2.15. The third-order valence-corrected chi connectivity index (χ3v) is 0.708. The average molecular weight is 249 g/mol. The van der Waals surface area contributed by atoms with Crippen molar-refractivity contribution in [1.82, 2.24) is 20.6 Å². The maximum Gasteiger partial charge on any atom is 0.311 e. The Hall–Kier alpha value is -0.317. The number of carboxylic acids is 1. The number of carboxylic acid groups (broad SMARTS) is 1. The molecule has 0 aliphatic rings. The molecule has 1 rings (SSSR count). The van der Waals surface area contributed by atoms with Crippen LogP contribution in [-0.2, 0) is 47.8 Å². The number of aromatic amines is 1. The summed E-state index contributed by atoms with van der Waals surface area (Å²) in [5.74, 6) is -0.684. The van der Waals surface area contributed by atoms with Gasteiger partial charge < -0.3 is 5.11 Å². The largest absolute Gasteiger partial charge is 0.481 e. The van der Waals surface area contributed by atoms with Crippen molar-refractivity contribution in [2.45, 2.75) is 6.42 Å². The van der Waals surface area contributed by atoms with Crippen LogP contribution in [0.2, 0.25) is 0 Å². The number of nitrogens with one attached hydrogen (secondary N) is 1. The minimum absolute atomic E-state index is 0. The first-order chi connectivity index (χ1) is 4.29. The predicted octanol–water partition coefficient (Wildman–Crippen LogP) is -1.18. The molecule has 0 aliphatic heterocycles. The summed E-state index contributed by atoms with van der Waals surface area (Å²) in [6.45, 7) is 0. The van der Waals surface area contributed by atoms with Crippen LogP contribution in [0, 0.1) is 0 Å². The van der Waals surface area contributed by atoms with Crippen LogP contribution in [0.25, 0.3) is 0 Å². The summed E-state index contributed by atoms with van der Waals surface area (Å²) in [4.78, 5) is 9.95. The van der Waals surface area contributed by atoms with Gasteiger partial charge >= 0.3 is 5.97 Å². The Balaban J connectivity index is 0. The number of hydrogen-bond donors (Lipinski definition) is 2. The fourth-order valence-electron chi connectivity index (χ4n) is 0.397. The number of aliphatic carboxylic acids is 1. The second-order valence-electron chi connectivity index (χ2n) is 1.42.